The average molecular weight is 587 g/mol. The highest BCUT2D eigenvalue weighted by Gasteiger charge is 2.37. The summed E-state index contributed by atoms with van der Waals surface area (Å²) in [5.74, 6) is -3.17. The Morgan fingerprint density at radius 3 is 2.29 bits per heavy atom. The van der Waals surface area contributed by atoms with Crippen molar-refractivity contribution in [2.45, 2.75) is 52.5 Å². The lowest BCUT2D eigenvalue weighted by atomic mass is 9.89. The van der Waals surface area contributed by atoms with Gasteiger partial charge in [0.05, 0.1) is 16.8 Å². The number of halogens is 3. The van der Waals surface area contributed by atoms with Crippen LogP contribution in [0.25, 0.3) is 0 Å². The van der Waals surface area contributed by atoms with Crippen molar-refractivity contribution in [3.05, 3.63) is 69.5 Å². The summed E-state index contributed by atoms with van der Waals surface area (Å²) in [6.07, 6.45) is -1.05. The Morgan fingerprint density at radius 2 is 1.69 bits per heavy atom. The minimum Gasteiger partial charge on any atom is -0.344 e. The van der Waals surface area contributed by atoms with Crippen LogP contribution in [0.1, 0.15) is 79.9 Å². The number of nitrogens with one attached hydrogen (secondary N) is 2. The quantitative estimate of drug-likeness (QED) is 0.321. The van der Waals surface area contributed by atoms with Crippen LogP contribution >= 0.6 is 0 Å². The molecule has 2 aromatic heterocycles. The highest BCUT2D eigenvalue weighted by Crippen LogP contribution is 2.28. The highest BCUT2D eigenvalue weighted by molar-refractivity contribution is 6.43. The number of aromatic nitrogens is 3. The second-order valence-electron chi connectivity index (χ2n) is 10.9. The molecular weight excluding hydrogens is 553 g/mol. The first-order valence-electron chi connectivity index (χ1n) is 13.3. The number of ketones is 1. The number of Topliss-reactive ketones (excluding diaryl/α,β-unsaturated/α-hetero) is 1. The number of alkyl halides is 2. The molecule has 2 N–H and O–H groups in total. The first-order valence-corrected chi connectivity index (χ1v) is 13.3. The molecule has 3 heterocycles. The van der Waals surface area contributed by atoms with Gasteiger partial charge >= 0.3 is 0 Å². The Bertz CT molecular complexity index is 1580. The van der Waals surface area contributed by atoms with E-state index < -0.39 is 47.0 Å². The third-order valence-electron chi connectivity index (χ3n) is 7.86. The molecular formula is C29H33F3N6O4. The van der Waals surface area contributed by atoms with E-state index in [0.717, 1.165) is 0 Å². The molecule has 1 aliphatic heterocycles. The van der Waals surface area contributed by atoms with Crippen LogP contribution in [0.3, 0.4) is 0 Å². The average Bonchev–Trinajstić information content (AvgIpc) is 3.42. The first kappa shape index (κ1) is 30.5. The van der Waals surface area contributed by atoms with E-state index in [4.69, 9.17) is 0 Å². The molecule has 10 nitrogen and oxygen atoms in total. The van der Waals surface area contributed by atoms with Gasteiger partial charge in [-0.2, -0.15) is 5.10 Å². The number of likely N-dealkylation sites (tertiary alicyclic amines) is 1. The molecule has 3 amide bonds. The molecule has 0 unspecified atom stereocenters. The maximum Gasteiger partial charge on any atom is 0.294 e. The Kier molecular flexibility index (Phi) is 8.33. The molecule has 1 aromatic carbocycles. The zero-order chi connectivity index (χ0) is 31.1. The molecule has 42 heavy (non-hydrogen) atoms. The van der Waals surface area contributed by atoms with Crippen LogP contribution in [-0.4, -0.2) is 61.4 Å². The fraction of sp³-hybridized carbons (Fsp3) is 0.414. The van der Waals surface area contributed by atoms with E-state index in [1.54, 1.807) is 34.7 Å². The van der Waals surface area contributed by atoms with Crippen molar-refractivity contribution >= 4 is 29.2 Å². The van der Waals surface area contributed by atoms with E-state index in [-0.39, 0.29) is 42.8 Å². The second kappa shape index (κ2) is 11.5. The number of hydrogen-bond donors (Lipinski definition) is 2. The summed E-state index contributed by atoms with van der Waals surface area (Å²) in [6, 6.07) is 4.17. The van der Waals surface area contributed by atoms with Gasteiger partial charge in [0, 0.05) is 50.3 Å². The lowest BCUT2D eigenvalue weighted by Crippen LogP contribution is -2.55. The number of carbonyl (C=O) groups excluding carboxylic acids is 4. The minimum absolute atomic E-state index is 0.0535. The Labute approximate surface area is 240 Å². The molecule has 0 saturated carbocycles. The summed E-state index contributed by atoms with van der Waals surface area (Å²) in [7, 11) is 3.04. The van der Waals surface area contributed by atoms with Crippen molar-refractivity contribution in [1.29, 1.82) is 0 Å². The Hall–Kier alpha value is -4.42. The molecule has 0 aliphatic carbocycles. The first-order chi connectivity index (χ1) is 19.6. The van der Waals surface area contributed by atoms with Gasteiger partial charge in [0.2, 0.25) is 0 Å². The number of piperidine rings is 1. The van der Waals surface area contributed by atoms with Crippen molar-refractivity contribution in [2.75, 3.05) is 18.4 Å². The van der Waals surface area contributed by atoms with Crippen LogP contribution in [-0.2, 0) is 18.9 Å². The maximum absolute atomic E-state index is 13.6. The summed E-state index contributed by atoms with van der Waals surface area (Å²) < 4.78 is 43.0. The molecule has 0 atom stereocenters. The van der Waals surface area contributed by atoms with Gasteiger partial charge in [-0.1, -0.05) is 0 Å². The zero-order valence-electron chi connectivity index (χ0n) is 24.3. The number of benzene rings is 1. The van der Waals surface area contributed by atoms with E-state index in [2.05, 4.69) is 15.7 Å². The van der Waals surface area contributed by atoms with Gasteiger partial charge < -0.3 is 20.1 Å². The van der Waals surface area contributed by atoms with Gasteiger partial charge in [0.15, 0.2) is 0 Å². The maximum atomic E-state index is 13.6. The summed E-state index contributed by atoms with van der Waals surface area (Å²) in [6.45, 7) is 6.92. The van der Waals surface area contributed by atoms with Crippen LogP contribution in [0.15, 0.2) is 24.4 Å². The molecule has 224 valence electrons. The van der Waals surface area contributed by atoms with Crippen LogP contribution in [0, 0.1) is 26.6 Å². The third-order valence-corrected chi connectivity index (χ3v) is 7.86. The molecule has 1 fully saturated rings. The van der Waals surface area contributed by atoms with E-state index >= 15 is 0 Å². The number of amides is 3. The third kappa shape index (κ3) is 5.81. The molecule has 0 bridgehead atoms. The summed E-state index contributed by atoms with van der Waals surface area (Å²) in [5.41, 5.74) is 0.242. The highest BCUT2D eigenvalue weighted by atomic mass is 19.3. The van der Waals surface area contributed by atoms with Crippen molar-refractivity contribution < 1.29 is 32.3 Å². The van der Waals surface area contributed by atoms with Crippen molar-refractivity contribution in [3.8, 4) is 0 Å². The molecule has 1 aliphatic rings. The fourth-order valence-corrected chi connectivity index (χ4v) is 5.32. The molecule has 4 rings (SSSR count). The zero-order valence-corrected chi connectivity index (χ0v) is 24.3. The standard InChI is InChI=1S/C29H33F3N6O4/c1-15-13-18(7-8-20(15)30)33-26(40)21-16(2)23(37(6)17(21)3)24(39)27(41)34-29(4)9-11-38(12-10-29)28(42)19-14-36(5)35-22(19)25(31)32/h7-8,13-14,25H,9-12H2,1-6H3,(H,33,40)(H,34,41). The predicted octanol–water partition coefficient (Wildman–Crippen LogP) is 4.01. The topological polar surface area (TPSA) is 118 Å². The molecule has 1 saturated heterocycles. The molecule has 0 spiro atoms. The van der Waals surface area contributed by atoms with E-state index in [1.807, 2.05) is 0 Å². The van der Waals surface area contributed by atoms with Gasteiger partial charge in [-0.25, -0.2) is 13.2 Å². The SMILES string of the molecule is Cc1cc(NC(=O)c2c(C)c(C(=O)C(=O)NC3(C)CCN(C(=O)c4cn(C)nc4C(F)F)CC3)n(C)c2C)ccc1F. The summed E-state index contributed by atoms with van der Waals surface area (Å²) in [4.78, 5) is 54.0. The van der Waals surface area contributed by atoms with Gasteiger partial charge in [0.1, 0.15) is 11.5 Å². The number of nitrogens with zero attached hydrogens (tertiary/aromatic N) is 4. The number of anilines is 1. The summed E-state index contributed by atoms with van der Waals surface area (Å²) in [5, 5.41) is 9.18. The van der Waals surface area contributed by atoms with Crippen LogP contribution in [0.2, 0.25) is 0 Å². The van der Waals surface area contributed by atoms with Crippen LogP contribution < -0.4 is 10.6 Å². The number of carbonyl (C=O) groups is 4. The number of aryl methyl sites for hydroxylation is 2. The Balaban J connectivity index is 1.45. The lowest BCUT2D eigenvalue weighted by Gasteiger charge is -2.39. The second-order valence-corrected chi connectivity index (χ2v) is 10.9. The van der Waals surface area contributed by atoms with E-state index in [9.17, 15) is 32.3 Å². The van der Waals surface area contributed by atoms with E-state index in [1.165, 1.54) is 45.6 Å². The smallest absolute Gasteiger partial charge is 0.294 e. The molecule has 13 heteroatoms. The van der Waals surface area contributed by atoms with Gasteiger partial charge in [-0.05, 0) is 69.9 Å². The minimum atomic E-state index is -2.89. The molecule has 0 radical (unpaired) electrons. The number of hydrogen-bond acceptors (Lipinski definition) is 5. The Morgan fingerprint density at radius 1 is 1.05 bits per heavy atom. The fourth-order valence-electron chi connectivity index (χ4n) is 5.32. The van der Waals surface area contributed by atoms with Crippen molar-refractivity contribution in [3.63, 3.8) is 0 Å². The monoisotopic (exact) mass is 586 g/mol. The lowest BCUT2D eigenvalue weighted by molar-refractivity contribution is -0.119. The summed E-state index contributed by atoms with van der Waals surface area (Å²) >= 11 is 0. The number of rotatable bonds is 7. The van der Waals surface area contributed by atoms with Crippen molar-refractivity contribution in [2.24, 2.45) is 14.1 Å². The van der Waals surface area contributed by atoms with Gasteiger partial charge in [-0.3, -0.25) is 23.9 Å². The van der Waals surface area contributed by atoms with Crippen LogP contribution in [0.5, 0.6) is 0 Å². The van der Waals surface area contributed by atoms with Crippen molar-refractivity contribution in [1.82, 2.24) is 24.6 Å². The molecule has 3 aromatic rings. The van der Waals surface area contributed by atoms with Gasteiger partial charge in [-0.15, -0.1) is 0 Å². The normalized spacial score (nSPS) is 14.7. The van der Waals surface area contributed by atoms with Gasteiger partial charge in [0.25, 0.3) is 29.9 Å². The van der Waals surface area contributed by atoms with E-state index in [0.29, 0.717) is 22.5 Å². The predicted molar refractivity (Wildman–Crippen MR) is 148 cm³/mol. The van der Waals surface area contributed by atoms with Crippen LogP contribution in [0.4, 0.5) is 18.9 Å². The largest absolute Gasteiger partial charge is 0.344 e.